The van der Waals surface area contributed by atoms with Crippen molar-refractivity contribution in [1.82, 2.24) is 0 Å². The maximum Gasteiger partial charge on any atom is 0.166 e. The van der Waals surface area contributed by atoms with E-state index in [4.69, 9.17) is 4.74 Å². The molecule has 0 saturated carbocycles. The number of ether oxygens (including phenoxy) is 1. The van der Waals surface area contributed by atoms with Crippen molar-refractivity contribution in [2.45, 2.75) is 6.42 Å². The second-order valence-corrected chi connectivity index (χ2v) is 5.79. The minimum atomic E-state index is -0.352. The van der Waals surface area contributed by atoms with Gasteiger partial charge in [-0.2, -0.15) is 0 Å². The molecule has 0 bridgehead atoms. The maximum atomic E-state index is 12.8. The number of rotatable bonds is 5. The van der Waals surface area contributed by atoms with Crippen LogP contribution >= 0.6 is 31.9 Å². The lowest BCUT2D eigenvalue weighted by Gasteiger charge is -2.09. The molecule has 0 heterocycles. The van der Waals surface area contributed by atoms with Crippen molar-refractivity contribution >= 4 is 37.6 Å². The van der Waals surface area contributed by atoms with Gasteiger partial charge in [-0.15, -0.1) is 0 Å². The second kappa shape index (κ2) is 6.99. The monoisotopic (exact) mass is 400 g/mol. The summed E-state index contributed by atoms with van der Waals surface area (Å²) in [6.07, 6.45) is 0.236. The van der Waals surface area contributed by atoms with Crippen molar-refractivity contribution < 1.29 is 13.9 Å². The van der Waals surface area contributed by atoms with Crippen LogP contribution < -0.4 is 4.74 Å². The molecule has 2 nitrogen and oxygen atoms in total. The fraction of sp³-hybridized carbons (Fsp3) is 0.133. The zero-order valence-corrected chi connectivity index (χ0v) is 13.6. The summed E-state index contributed by atoms with van der Waals surface area (Å²) in [7, 11) is 0. The molecular formula is C15H11Br2FO2. The van der Waals surface area contributed by atoms with E-state index in [0.717, 1.165) is 8.95 Å². The summed E-state index contributed by atoms with van der Waals surface area (Å²) in [4.78, 5) is 11.9. The molecular weight excluding hydrogens is 391 g/mol. The van der Waals surface area contributed by atoms with Crippen LogP contribution in [-0.4, -0.2) is 12.4 Å². The number of carbonyl (C=O) groups excluding carboxylic acids is 1. The third kappa shape index (κ3) is 3.90. The van der Waals surface area contributed by atoms with Crippen LogP contribution in [0.1, 0.15) is 16.8 Å². The van der Waals surface area contributed by atoms with Crippen molar-refractivity contribution in [3.8, 4) is 5.75 Å². The highest BCUT2D eigenvalue weighted by Gasteiger charge is 2.09. The van der Waals surface area contributed by atoms with Gasteiger partial charge in [0.05, 0.1) is 15.6 Å². The normalized spacial score (nSPS) is 10.3. The zero-order valence-electron chi connectivity index (χ0n) is 10.4. The Labute approximate surface area is 133 Å². The molecule has 0 aliphatic heterocycles. The lowest BCUT2D eigenvalue weighted by atomic mass is 10.1. The molecule has 0 aliphatic carbocycles. The first-order chi connectivity index (χ1) is 9.58. The Hall–Kier alpha value is -1.20. The molecule has 0 amide bonds. The van der Waals surface area contributed by atoms with Crippen LogP contribution in [-0.2, 0) is 0 Å². The highest BCUT2D eigenvalue weighted by molar-refractivity contribution is 9.11. The molecule has 0 radical (unpaired) electrons. The quantitative estimate of drug-likeness (QED) is 0.658. The number of hydrogen-bond donors (Lipinski definition) is 0. The molecule has 0 unspecified atom stereocenters. The van der Waals surface area contributed by atoms with Crippen LogP contribution in [0, 0.1) is 5.82 Å². The van der Waals surface area contributed by atoms with Crippen molar-refractivity contribution in [3.05, 3.63) is 62.8 Å². The Balaban J connectivity index is 1.93. The first-order valence-electron chi connectivity index (χ1n) is 5.93. The Morgan fingerprint density at radius 2 is 1.65 bits per heavy atom. The molecule has 2 aromatic rings. The minimum Gasteiger partial charge on any atom is -0.491 e. The number of ketones is 1. The Morgan fingerprint density at radius 3 is 2.25 bits per heavy atom. The predicted octanol–water partition coefficient (Wildman–Crippen LogP) is 5.00. The summed E-state index contributed by atoms with van der Waals surface area (Å²) in [5.74, 6) is 0.238. The Kier molecular flexibility index (Phi) is 5.31. The molecule has 2 rings (SSSR count). The van der Waals surface area contributed by atoms with Crippen LogP contribution in [0.3, 0.4) is 0 Å². The van der Waals surface area contributed by atoms with Gasteiger partial charge < -0.3 is 4.74 Å². The van der Waals surface area contributed by atoms with Gasteiger partial charge in [0.2, 0.25) is 0 Å². The van der Waals surface area contributed by atoms with Gasteiger partial charge in [0.15, 0.2) is 5.78 Å². The van der Waals surface area contributed by atoms with Crippen LogP contribution in [0.25, 0.3) is 0 Å². The summed E-state index contributed by atoms with van der Waals surface area (Å²) < 4.78 is 20.0. The summed E-state index contributed by atoms with van der Waals surface area (Å²) >= 11 is 6.77. The third-order valence-electron chi connectivity index (χ3n) is 2.66. The molecule has 5 heteroatoms. The van der Waals surface area contributed by atoms with Crippen LogP contribution in [0.4, 0.5) is 4.39 Å². The SMILES string of the molecule is O=C(CCOc1c(Br)cccc1Br)c1ccc(F)cc1. The summed E-state index contributed by atoms with van der Waals surface area (Å²) in [6, 6.07) is 11.1. The molecule has 104 valence electrons. The standard InChI is InChI=1S/C15H11Br2FO2/c16-12-2-1-3-13(17)15(12)20-9-8-14(19)10-4-6-11(18)7-5-10/h1-7H,8-9H2. The highest BCUT2D eigenvalue weighted by atomic mass is 79.9. The smallest absolute Gasteiger partial charge is 0.166 e. The van der Waals surface area contributed by atoms with E-state index in [1.165, 1.54) is 24.3 Å². The lowest BCUT2D eigenvalue weighted by Crippen LogP contribution is -2.07. The average molecular weight is 402 g/mol. The number of benzene rings is 2. The molecule has 0 N–H and O–H groups in total. The van der Waals surface area contributed by atoms with E-state index in [9.17, 15) is 9.18 Å². The topological polar surface area (TPSA) is 26.3 Å². The van der Waals surface area contributed by atoms with Gasteiger partial charge in [-0.25, -0.2) is 4.39 Å². The van der Waals surface area contributed by atoms with E-state index in [0.29, 0.717) is 11.3 Å². The van der Waals surface area contributed by atoms with Crippen LogP contribution in [0.15, 0.2) is 51.4 Å². The van der Waals surface area contributed by atoms with Crippen molar-refractivity contribution in [2.75, 3.05) is 6.61 Å². The summed E-state index contributed by atoms with van der Waals surface area (Å²) in [6.45, 7) is 0.261. The fourth-order valence-corrected chi connectivity index (χ4v) is 2.87. The van der Waals surface area contributed by atoms with Gasteiger partial charge in [0.25, 0.3) is 0 Å². The number of Topliss-reactive ketones (excluding diaryl/α,β-unsaturated/α-hetero) is 1. The highest BCUT2D eigenvalue weighted by Crippen LogP contribution is 2.33. The number of halogens is 3. The number of hydrogen-bond acceptors (Lipinski definition) is 2. The molecule has 0 atom stereocenters. The van der Waals surface area contributed by atoms with Crippen molar-refractivity contribution in [1.29, 1.82) is 0 Å². The molecule has 0 aliphatic rings. The lowest BCUT2D eigenvalue weighted by molar-refractivity contribution is 0.0962. The average Bonchev–Trinajstić information content (AvgIpc) is 2.42. The Bertz CT molecular complexity index is 592. The Morgan fingerprint density at radius 1 is 1.05 bits per heavy atom. The molecule has 2 aromatic carbocycles. The second-order valence-electron chi connectivity index (χ2n) is 4.08. The first kappa shape index (κ1) is 15.2. The van der Waals surface area contributed by atoms with Crippen LogP contribution in [0.2, 0.25) is 0 Å². The third-order valence-corrected chi connectivity index (χ3v) is 3.91. The van der Waals surface area contributed by atoms with E-state index in [1.54, 1.807) is 0 Å². The molecule has 0 fully saturated rings. The molecule has 0 aromatic heterocycles. The van der Waals surface area contributed by atoms with Gasteiger partial charge in [0.1, 0.15) is 11.6 Å². The van der Waals surface area contributed by atoms with E-state index < -0.39 is 0 Å². The fourth-order valence-electron chi connectivity index (χ4n) is 1.65. The maximum absolute atomic E-state index is 12.8. The minimum absolute atomic E-state index is 0.0758. The van der Waals surface area contributed by atoms with Gasteiger partial charge in [-0.3, -0.25) is 4.79 Å². The number of carbonyl (C=O) groups is 1. The van der Waals surface area contributed by atoms with E-state index in [1.807, 2.05) is 18.2 Å². The number of para-hydroxylation sites is 1. The van der Waals surface area contributed by atoms with Gasteiger partial charge in [-0.05, 0) is 68.3 Å². The molecule has 20 heavy (non-hydrogen) atoms. The van der Waals surface area contributed by atoms with Crippen molar-refractivity contribution in [3.63, 3.8) is 0 Å². The van der Waals surface area contributed by atoms with E-state index in [2.05, 4.69) is 31.9 Å². The summed E-state index contributed by atoms with van der Waals surface area (Å²) in [5.41, 5.74) is 0.487. The van der Waals surface area contributed by atoms with Gasteiger partial charge in [0, 0.05) is 12.0 Å². The van der Waals surface area contributed by atoms with Gasteiger partial charge >= 0.3 is 0 Å². The first-order valence-corrected chi connectivity index (χ1v) is 7.52. The van der Waals surface area contributed by atoms with E-state index in [-0.39, 0.29) is 24.6 Å². The molecule has 0 spiro atoms. The molecule has 0 saturated heterocycles. The predicted molar refractivity (Wildman–Crippen MR) is 82.7 cm³/mol. The van der Waals surface area contributed by atoms with Crippen molar-refractivity contribution in [2.24, 2.45) is 0 Å². The van der Waals surface area contributed by atoms with Crippen LogP contribution in [0.5, 0.6) is 5.75 Å². The van der Waals surface area contributed by atoms with Gasteiger partial charge in [-0.1, -0.05) is 6.07 Å². The zero-order chi connectivity index (χ0) is 14.5. The summed E-state index contributed by atoms with van der Waals surface area (Å²) in [5, 5.41) is 0. The largest absolute Gasteiger partial charge is 0.491 e. The van der Waals surface area contributed by atoms with E-state index >= 15 is 0 Å².